The molecule has 0 aliphatic carbocycles. The summed E-state index contributed by atoms with van der Waals surface area (Å²) in [4.78, 5) is 30.1. The van der Waals surface area contributed by atoms with Crippen molar-refractivity contribution < 1.29 is 22.7 Å². The molecule has 248 valence electrons. The maximum atomic E-state index is 14.7. The second kappa shape index (κ2) is 16.1. The Hall–Kier alpha value is -4.15. The highest BCUT2D eigenvalue weighted by Gasteiger charge is 2.35. The first-order valence-electron chi connectivity index (χ1n) is 15.5. The van der Waals surface area contributed by atoms with Gasteiger partial charge in [0.2, 0.25) is 11.8 Å². The molecule has 4 rings (SSSR count). The number of anilines is 1. The molecule has 0 heterocycles. The van der Waals surface area contributed by atoms with Crippen LogP contribution in [0.3, 0.4) is 0 Å². The molecular weight excluding hydrogens is 678 g/mol. The molecule has 1 atom stereocenters. The van der Waals surface area contributed by atoms with Gasteiger partial charge in [-0.2, -0.15) is 0 Å². The van der Waals surface area contributed by atoms with Gasteiger partial charge in [-0.1, -0.05) is 96.0 Å². The third kappa shape index (κ3) is 9.45. The largest absolute Gasteiger partial charge is 0.495 e. The van der Waals surface area contributed by atoms with Crippen molar-refractivity contribution in [2.75, 3.05) is 24.5 Å². The van der Waals surface area contributed by atoms with Crippen LogP contribution in [0.15, 0.2) is 106 Å². The normalized spacial score (nSPS) is 12.0. The molecule has 0 spiro atoms. The highest BCUT2D eigenvalue weighted by atomic mass is 79.9. The van der Waals surface area contributed by atoms with E-state index in [0.29, 0.717) is 12.3 Å². The van der Waals surface area contributed by atoms with E-state index in [2.05, 4.69) is 21.2 Å². The Labute approximate surface area is 286 Å². The molecule has 0 aliphatic heterocycles. The van der Waals surface area contributed by atoms with Gasteiger partial charge in [-0.3, -0.25) is 13.9 Å². The molecule has 0 radical (unpaired) electrons. The number of nitrogens with zero attached hydrogens (tertiary/aromatic N) is 2. The monoisotopic (exact) mass is 719 g/mol. The Kier molecular flexibility index (Phi) is 12.2. The van der Waals surface area contributed by atoms with Crippen molar-refractivity contribution in [3.8, 4) is 5.75 Å². The maximum Gasteiger partial charge on any atom is 0.264 e. The second-order valence-corrected chi connectivity index (χ2v) is 14.8. The Morgan fingerprint density at radius 2 is 1.49 bits per heavy atom. The van der Waals surface area contributed by atoms with Crippen molar-refractivity contribution in [1.29, 1.82) is 0 Å². The first-order chi connectivity index (χ1) is 22.4. The molecule has 0 saturated carbocycles. The molecular formula is C37H42BrN3O5S. The molecule has 8 nitrogen and oxygen atoms in total. The third-order valence-electron chi connectivity index (χ3n) is 7.71. The lowest BCUT2D eigenvalue weighted by Gasteiger charge is -2.34. The predicted molar refractivity (Wildman–Crippen MR) is 190 cm³/mol. The van der Waals surface area contributed by atoms with Crippen LogP contribution in [-0.2, 0) is 32.6 Å². The van der Waals surface area contributed by atoms with Crippen molar-refractivity contribution in [1.82, 2.24) is 10.2 Å². The zero-order valence-electron chi connectivity index (χ0n) is 27.4. The number of hydrogen-bond donors (Lipinski definition) is 1. The highest BCUT2D eigenvalue weighted by molar-refractivity contribution is 9.10. The predicted octanol–water partition coefficient (Wildman–Crippen LogP) is 6.68. The molecule has 0 unspecified atom stereocenters. The molecule has 1 N–H and O–H groups in total. The van der Waals surface area contributed by atoms with Gasteiger partial charge < -0.3 is 15.0 Å². The minimum Gasteiger partial charge on any atom is -0.495 e. The Morgan fingerprint density at radius 1 is 0.851 bits per heavy atom. The lowest BCUT2D eigenvalue weighted by atomic mass is 10.0. The summed E-state index contributed by atoms with van der Waals surface area (Å²) < 4.78 is 36.3. The molecule has 10 heteroatoms. The summed E-state index contributed by atoms with van der Waals surface area (Å²) in [5, 5.41) is 3.01. The Morgan fingerprint density at radius 3 is 2.11 bits per heavy atom. The second-order valence-electron chi connectivity index (χ2n) is 12.0. The van der Waals surface area contributed by atoms with Gasteiger partial charge in [0.15, 0.2) is 0 Å². The van der Waals surface area contributed by atoms with Crippen molar-refractivity contribution in [3.63, 3.8) is 0 Å². The van der Waals surface area contributed by atoms with E-state index in [1.54, 1.807) is 24.3 Å². The molecule has 47 heavy (non-hydrogen) atoms. The molecule has 2 amide bonds. The van der Waals surface area contributed by atoms with Crippen LogP contribution in [0.1, 0.15) is 36.1 Å². The maximum absolute atomic E-state index is 14.7. The molecule has 4 aromatic rings. The summed E-state index contributed by atoms with van der Waals surface area (Å²) in [5.74, 6) is -0.355. The van der Waals surface area contributed by atoms with Crippen LogP contribution < -0.4 is 14.4 Å². The van der Waals surface area contributed by atoms with E-state index in [1.165, 1.54) is 24.1 Å². The van der Waals surface area contributed by atoms with Gasteiger partial charge >= 0.3 is 0 Å². The quantitative estimate of drug-likeness (QED) is 0.157. The topological polar surface area (TPSA) is 96.0 Å². The fraction of sp³-hybridized carbons (Fsp3) is 0.297. The number of aryl methyl sites for hydroxylation is 2. The number of hydrogen-bond acceptors (Lipinski definition) is 5. The van der Waals surface area contributed by atoms with E-state index in [9.17, 15) is 18.0 Å². The van der Waals surface area contributed by atoms with Gasteiger partial charge in [0.05, 0.1) is 17.7 Å². The summed E-state index contributed by atoms with van der Waals surface area (Å²) in [6.07, 6.45) is 0.242. The van der Waals surface area contributed by atoms with E-state index < -0.39 is 28.5 Å². The van der Waals surface area contributed by atoms with Crippen LogP contribution in [0.4, 0.5) is 5.69 Å². The standard InChI is InChI=1S/C37H42BrN3O5S/c1-26(2)23-39-37(43)34(22-29-9-7-6-8-10-29)40(24-30-14-16-31(38)17-15-30)36(42)25-41(33-21-28(4)13-20-35(33)46-5)47(44,45)32-18-11-27(3)12-19-32/h6-21,26,34H,22-25H2,1-5H3,(H,39,43)/t34-/m0/s1. The number of ether oxygens (including phenoxy) is 1. The van der Waals surface area contributed by atoms with Crippen molar-refractivity contribution in [2.24, 2.45) is 5.92 Å². The number of halogens is 1. The van der Waals surface area contributed by atoms with Gasteiger partial charge in [0.1, 0.15) is 18.3 Å². The first kappa shape index (κ1) is 35.7. The number of amides is 2. The average Bonchev–Trinajstić information content (AvgIpc) is 3.05. The van der Waals surface area contributed by atoms with Crippen LogP contribution in [0.25, 0.3) is 0 Å². The van der Waals surface area contributed by atoms with E-state index in [4.69, 9.17) is 4.74 Å². The minimum absolute atomic E-state index is 0.0365. The number of nitrogens with one attached hydrogen (secondary N) is 1. The van der Waals surface area contributed by atoms with Crippen LogP contribution in [0, 0.1) is 19.8 Å². The fourth-order valence-electron chi connectivity index (χ4n) is 5.11. The highest BCUT2D eigenvalue weighted by Crippen LogP contribution is 2.34. The lowest BCUT2D eigenvalue weighted by Crippen LogP contribution is -2.53. The number of carbonyl (C=O) groups is 2. The Balaban J connectivity index is 1.84. The van der Waals surface area contributed by atoms with Crippen molar-refractivity contribution in [3.05, 3.63) is 124 Å². The summed E-state index contributed by atoms with van der Waals surface area (Å²) >= 11 is 3.47. The fourth-order valence-corrected chi connectivity index (χ4v) is 6.79. The molecule has 0 fully saturated rings. The van der Waals surface area contributed by atoms with E-state index >= 15 is 0 Å². The van der Waals surface area contributed by atoms with Gasteiger partial charge in [0.25, 0.3) is 10.0 Å². The smallest absolute Gasteiger partial charge is 0.264 e. The summed E-state index contributed by atoms with van der Waals surface area (Å²) in [6.45, 7) is 7.67. The van der Waals surface area contributed by atoms with Crippen molar-refractivity contribution >= 4 is 43.5 Å². The molecule has 0 bridgehead atoms. The molecule has 0 saturated heterocycles. The first-order valence-corrected chi connectivity index (χ1v) is 17.7. The minimum atomic E-state index is -4.25. The third-order valence-corrected chi connectivity index (χ3v) is 10.0. The number of benzene rings is 4. The van der Waals surface area contributed by atoms with E-state index in [0.717, 1.165) is 31.0 Å². The van der Waals surface area contributed by atoms with Crippen LogP contribution in [0.5, 0.6) is 5.75 Å². The Bertz CT molecular complexity index is 1760. The molecule has 0 aliphatic rings. The van der Waals surface area contributed by atoms with E-state index in [1.807, 2.05) is 88.4 Å². The number of rotatable bonds is 14. The number of methoxy groups -OCH3 is 1. The zero-order chi connectivity index (χ0) is 34.1. The number of carbonyl (C=O) groups excluding carboxylic acids is 2. The number of sulfonamides is 1. The van der Waals surface area contributed by atoms with Crippen LogP contribution >= 0.6 is 15.9 Å². The van der Waals surface area contributed by atoms with Crippen LogP contribution in [-0.4, -0.2) is 51.4 Å². The van der Waals surface area contributed by atoms with Crippen LogP contribution in [0.2, 0.25) is 0 Å². The summed E-state index contributed by atoms with van der Waals surface area (Å²) in [6, 6.07) is 27.7. The van der Waals surface area contributed by atoms with E-state index in [-0.39, 0.29) is 35.4 Å². The molecule has 4 aromatic carbocycles. The zero-order valence-corrected chi connectivity index (χ0v) is 29.8. The van der Waals surface area contributed by atoms with Crippen molar-refractivity contribution in [2.45, 2.75) is 51.6 Å². The SMILES string of the molecule is COc1ccc(C)cc1N(CC(=O)N(Cc1ccc(Br)cc1)[C@@H](Cc1ccccc1)C(=O)NCC(C)C)S(=O)(=O)c1ccc(C)cc1. The summed E-state index contributed by atoms with van der Waals surface area (Å²) in [7, 11) is -2.79. The lowest BCUT2D eigenvalue weighted by molar-refractivity contribution is -0.140. The van der Waals surface area contributed by atoms with Gasteiger partial charge in [-0.25, -0.2) is 8.42 Å². The van der Waals surface area contributed by atoms with Gasteiger partial charge in [0, 0.05) is 24.0 Å². The van der Waals surface area contributed by atoms with Gasteiger partial charge in [-0.15, -0.1) is 0 Å². The summed E-state index contributed by atoms with van der Waals surface area (Å²) in [5.41, 5.74) is 3.58. The van der Waals surface area contributed by atoms with Gasteiger partial charge in [-0.05, 0) is 72.9 Å². The molecule has 0 aromatic heterocycles. The average molecular weight is 721 g/mol.